The summed E-state index contributed by atoms with van der Waals surface area (Å²) in [6.07, 6.45) is 0. The summed E-state index contributed by atoms with van der Waals surface area (Å²) < 4.78 is 22.6. The van der Waals surface area contributed by atoms with E-state index >= 15 is 0 Å². The first-order valence-corrected chi connectivity index (χ1v) is 9.36. The Balaban J connectivity index is 1.89. The highest BCUT2D eigenvalue weighted by Crippen LogP contribution is 2.30. The molecule has 0 saturated carbocycles. The lowest BCUT2D eigenvalue weighted by molar-refractivity contribution is -0.120. The van der Waals surface area contributed by atoms with Crippen LogP contribution in [0.4, 0.5) is 11.4 Å². The molecule has 0 bridgehead atoms. The summed E-state index contributed by atoms with van der Waals surface area (Å²) in [4.78, 5) is 26.0. The van der Waals surface area contributed by atoms with E-state index in [1.165, 1.54) is 24.3 Å². The summed E-state index contributed by atoms with van der Waals surface area (Å²) in [7, 11) is -3.82. The highest BCUT2D eigenvalue weighted by molar-refractivity contribution is 7.89. The first kappa shape index (κ1) is 18.1. The zero-order chi connectivity index (χ0) is 19.1. The molecule has 0 spiro atoms. The quantitative estimate of drug-likeness (QED) is 0.775. The number of carbonyl (C=O) groups excluding carboxylic acids is 2. The predicted molar refractivity (Wildman–Crippen MR) is 98.0 cm³/mol. The number of anilines is 2. The third kappa shape index (κ3) is 3.34. The molecule has 0 saturated heterocycles. The Hall–Kier alpha value is -2.68. The highest BCUT2D eigenvalue weighted by Gasteiger charge is 2.38. The van der Waals surface area contributed by atoms with Crippen LogP contribution in [-0.4, -0.2) is 20.2 Å². The molecule has 0 unspecified atom stereocenters. The first-order chi connectivity index (χ1) is 12.2. The topological polar surface area (TPSA) is 110 Å². The Labute approximate surface area is 155 Å². The van der Waals surface area contributed by atoms with E-state index in [1.54, 1.807) is 18.2 Å². The minimum atomic E-state index is -3.82. The van der Waals surface area contributed by atoms with Crippen LogP contribution in [-0.2, 0) is 19.6 Å². The van der Waals surface area contributed by atoms with Gasteiger partial charge in [-0.1, -0.05) is 23.7 Å². The van der Waals surface area contributed by atoms with E-state index in [9.17, 15) is 18.0 Å². The first-order valence-electron chi connectivity index (χ1n) is 7.43. The second-order valence-electron chi connectivity index (χ2n) is 5.67. The number of hydrogen-bond donors (Lipinski definition) is 2. The highest BCUT2D eigenvalue weighted by atomic mass is 35.5. The molecule has 0 aliphatic carbocycles. The van der Waals surface area contributed by atoms with Crippen molar-refractivity contribution in [1.29, 1.82) is 0 Å². The van der Waals surface area contributed by atoms with Crippen molar-refractivity contribution in [3.63, 3.8) is 0 Å². The van der Waals surface area contributed by atoms with Gasteiger partial charge >= 0.3 is 0 Å². The maximum atomic E-state index is 12.7. The molecular formula is C17H14ClN3O4S. The third-order valence-corrected chi connectivity index (χ3v) is 5.02. The molecule has 0 aromatic heterocycles. The van der Waals surface area contributed by atoms with E-state index in [0.717, 1.165) is 10.5 Å². The minimum Gasteiger partial charge on any atom is -0.350 e. The number of carbonyl (C=O) groups is 2. The van der Waals surface area contributed by atoms with Gasteiger partial charge in [-0.3, -0.25) is 9.59 Å². The molecule has 3 N–H and O–H groups in total. The molecular weight excluding hydrogens is 378 g/mol. The van der Waals surface area contributed by atoms with Crippen LogP contribution < -0.4 is 15.4 Å². The zero-order valence-corrected chi connectivity index (χ0v) is 15.1. The zero-order valence-electron chi connectivity index (χ0n) is 13.6. The van der Waals surface area contributed by atoms with Crippen LogP contribution in [0.15, 0.2) is 64.2 Å². The van der Waals surface area contributed by atoms with Gasteiger partial charge in [0.15, 0.2) is 0 Å². The maximum absolute atomic E-state index is 12.7. The van der Waals surface area contributed by atoms with Gasteiger partial charge in [-0.15, -0.1) is 0 Å². The van der Waals surface area contributed by atoms with Crippen LogP contribution in [0, 0.1) is 6.92 Å². The molecule has 26 heavy (non-hydrogen) atoms. The van der Waals surface area contributed by atoms with Gasteiger partial charge in [0.2, 0.25) is 10.0 Å². The van der Waals surface area contributed by atoms with Crippen LogP contribution in [0.5, 0.6) is 0 Å². The van der Waals surface area contributed by atoms with Crippen LogP contribution in [0.3, 0.4) is 0 Å². The monoisotopic (exact) mass is 391 g/mol. The normalized spacial score (nSPS) is 15.0. The van der Waals surface area contributed by atoms with E-state index in [2.05, 4.69) is 5.32 Å². The number of benzene rings is 2. The van der Waals surface area contributed by atoms with Crippen molar-refractivity contribution < 1.29 is 18.0 Å². The Bertz CT molecular complexity index is 1050. The molecule has 1 aliphatic rings. The summed E-state index contributed by atoms with van der Waals surface area (Å²) in [6.45, 7) is 1.84. The summed E-state index contributed by atoms with van der Waals surface area (Å²) in [5.74, 6) is -1.23. The molecule has 2 aromatic rings. The summed E-state index contributed by atoms with van der Waals surface area (Å²) in [6, 6.07) is 12.3. The maximum Gasteiger partial charge on any atom is 0.283 e. The molecule has 2 amide bonds. The van der Waals surface area contributed by atoms with Crippen LogP contribution in [0.2, 0.25) is 0 Å². The fourth-order valence-corrected chi connectivity index (χ4v) is 3.21. The van der Waals surface area contributed by atoms with Gasteiger partial charge in [0.1, 0.15) is 10.7 Å². The second-order valence-corrected chi connectivity index (χ2v) is 7.61. The van der Waals surface area contributed by atoms with E-state index in [1.807, 2.05) is 13.0 Å². The Morgan fingerprint density at radius 1 is 1.04 bits per heavy atom. The number of hydrogen-bond acceptors (Lipinski definition) is 5. The number of nitrogens with one attached hydrogen (secondary N) is 1. The van der Waals surface area contributed by atoms with Crippen LogP contribution in [0.1, 0.15) is 5.56 Å². The minimum absolute atomic E-state index is 0.0710. The number of sulfonamides is 1. The SMILES string of the molecule is Cc1cccc(N2C(=O)C(Cl)=C(Nc3ccc(S(N)(=O)=O)cc3)C2=O)c1. The molecule has 0 atom stereocenters. The van der Waals surface area contributed by atoms with E-state index in [-0.39, 0.29) is 15.6 Å². The number of primary sulfonamides is 1. The largest absolute Gasteiger partial charge is 0.350 e. The number of nitrogens with zero attached hydrogens (tertiary/aromatic N) is 1. The number of rotatable bonds is 4. The molecule has 0 fully saturated rings. The van der Waals surface area contributed by atoms with E-state index < -0.39 is 21.8 Å². The summed E-state index contributed by atoms with van der Waals surface area (Å²) in [5, 5.41) is 7.56. The van der Waals surface area contributed by atoms with Crippen molar-refractivity contribution in [3.8, 4) is 0 Å². The molecule has 134 valence electrons. The second kappa shape index (κ2) is 6.56. The van der Waals surface area contributed by atoms with Crippen molar-refractivity contribution in [3.05, 3.63) is 64.8 Å². The number of amides is 2. The molecule has 1 heterocycles. The van der Waals surface area contributed by atoms with Gasteiger partial charge in [-0.05, 0) is 48.9 Å². The molecule has 7 nitrogen and oxygen atoms in total. The van der Waals surface area contributed by atoms with Gasteiger partial charge in [0, 0.05) is 5.69 Å². The van der Waals surface area contributed by atoms with Crippen molar-refractivity contribution >= 4 is 44.8 Å². The van der Waals surface area contributed by atoms with Gasteiger partial charge in [-0.2, -0.15) is 0 Å². The van der Waals surface area contributed by atoms with Crippen molar-refractivity contribution in [2.45, 2.75) is 11.8 Å². The van der Waals surface area contributed by atoms with Crippen molar-refractivity contribution in [2.24, 2.45) is 5.14 Å². The van der Waals surface area contributed by atoms with Crippen LogP contribution >= 0.6 is 11.6 Å². The molecule has 3 rings (SSSR count). The smallest absolute Gasteiger partial charge is 0.283 e. The lowest BCUT2D eigenvalue weighted by Crippen LogP contribution is -2.32. The van der Waals surface area contributed by atoms with Gasteiger partial charge < -0.3 is 5.32 Å². The number of nitrogens with two attached hydrogens (primary N) is 1. The Kier molecular flexibility index (Phi) is 4.57. The van der Waals surface area contributed by atoms with Crippen molar-refractivity contribution in [1.82, 2.24) is 0 Å². The standard InChI is InChI=1S/C17H14ClN3O4S/c1-10-3-2-4-12(9-10)21-16(22)14(18)15(17(21)23)20-11-5-7-13(8-6-11)26(19,24)25/h2-9,20H,1H3,(H2,19,24,25). The van der Waals surface area contributed by atoms with Gasteiger partial charge in [0.05, 0.1) is 10.6 Å². The summed E-state index contributed by atoms with van der Waals surface area (Å²) >= 11 is 6.05. The lowest BCUT2D eigenvalue weighted by Gasteiger charge is -2.15. The molecule has 1 aliphatic heterocycles. The van der Waals surface area contributed by atoms with Crippen molar-refractivity contribution in [2.75, 3.05) is 10.2 Å². The number of imide groups is 1. The fourth-order valence-electron chi connectivity index (χ4n) is 2.49. The van der Waals surface area contributed by atoms with Gasteiger partial charge in [0.25, 0.3) is 11.8 Å². The fraction of sp³-hybridized carbons (Fsp3) is 0.0588. The lowest BCUT2D eigenvalue weighted by atomic mass is 10.2. The average Bonchev–Trinajstić information content (AvgIpc) is 2.78. The Morgan fingerprint density at radius 2 is 1.69 bits per heavy atom. The predicted octanol–water partition coefficient (Wildman–Crippen LogP) is 2.08. The van der Waals surface area contributed by atoms with E-state index in [4.69, 9.17) is 16.7 Å². The third-order valence-electron chi connectivity index (χ3n) is 3.74. The van der Waals surface area contributed by atoms with E-state index in [0.29, 0.717) is 11.4 Å². The van der Waals surface area contributed by atoms with Gasteiger partial charge in [-0.25, -0.2) is 18.5 Å². The number of aryl methyl sites for hydroxylation is 1. The Morgan fingerprint density at radius 3 is 2.27 bits per heavy atom. The molecule has 0 radical (unpaired) electrons. The molecule has 2 aromatic carbocycles. The average molecular weight is 392 g/mol. The molecule has 9 heteroatoms. The summed E-state index contributed by atoms with van der Waals surface area (Å²) in [5.41, 5.74) is 1.61. The number of halogens is 1. The van der Waals surface area contributed by atoms with Crippen LogP contribution in [0.25, 0.3) is 0 Å².